The minimum absolute atomic E-state index is 1.37. The molecule has 1 aromatic carbocycles. The van der Waals surface area contributed by atoms with Crippen LogP contribution in [0.1, 0.15) is 12.5 Å². The van der Waals surface area contributed by atoms with Crippen LogP contribution in [0.5, 0.6) is 0 Å². The molecule has 0 spiro atoms. The summed E-state index contributed by atoms with van der Waals surface area (Å²) in [6, 6.07) is 10.5. The minimum atomic E-state index is 1.37. The summed E-state index contributed by atoms with van der Waals surface area (Å²) in [5.74, 6) is 0. The van der Waals surface area contributed by atoms with Gasteiger partial charge in [-0.25, -0.2) is 0 Å². The second-order valence-electron chi connectivity index (χ2n) is 1.99. The van der Waals surface area contributed by atoms with Gasteiger partial charge in [0.15, 0.2) is 0 Å². The summed E-state index contributed by atoms with van der Waals surface area (Å²) in [4.78, 5) is 0. The number of benzene rings is 1. The second-order valence-corrected chi connectivity index (χ2v) is 4.13. The quantitative estimate of drug-likeness (QED) is 0.631. The SMILES string of the molecule is C[C](=[Sn])c1ccccc1. The zero-order valence-corrected chi connectivity index (χ0v) is 8.24. The first-order valence-corrected chi connectivity index (χ1v) is 4.34. The van der Waals surface area contributed by atoms with Crippen LogP contribution >= 0.6 is 0 Å². The fraction of sp³-hybridized carbons (Fsp3) is 0.125. The fourth-order valence-electron chi connectivity index (χ4n) is 0.688. The summed E-state index contributed by atoms with van der Waals surface area (Å²) < 4.78 is 1.46. The summed E-state index contributed by atoms with van der Waals surface area (Å²) in [7, 11) is 0. The van der Waals surface area contributed by atoms with Gasteiger partial charge in [-0.15, -0.1) is 0 Å². The van der Waals surface area contributed by atoms with E-state index in [-0.39, 0.29) is 0 Å². The maximum absolute atomic E-state index is 2.16. The van der Waals surface area contributed by atoms with Crippen molar-refractivity contribution in [2.45, 2.75) is 6.92 Å². The zero-order valence-electron chi connectivity index (χ0n) is 5.39. The Hall–Kier alpha value is -0.111. The van der Waals surface area contributed by atoms with Gasteiger partial charge in [0.25, 0.3) is 0 Å². The maximum atomic E-state index is 2.16. The van der Waals surface area contributed by atoms with Gasteiger partial charge in [0, 0.05) is 0 Å². The van der Waals surface area contributed by atoms with E-state index in [1.165, 1.54) is 31.1 Å². The molecule has 44 valence electrons. The van der Waals surface area contributed by atoms with Crippen LogP contribution in [0.2, 0.25) is 0 Å². The molecule has 9 heavy (non-hydrogen) atoms. The molecule has 0 saturated heterocycles. The van der Waals surface area contributed by atoms with Crippen LogP contribution in [0, 0.1) is 0 Å². The van der Waals surface area contributed by atoms with Gasteiger partial charge in [-0.2, -0.15) is 0 Å². The molecule has 0 N–H and O–H groups in total. The first-order chi connectivity index (χ1) is 4.30. The molecule has 0 aliphatic rings. The molecule has 1 aromatic rings. The van der Waals surface area contributed by atoms with Crippen molar-refractivity contribution < 1.29 is 0 Å². The summed E-state index contributed by atoms with van der Waals surface area (Å²) in [6.45, 7) is 2.16. The van der Waals surface area contributed by atoms with E-state index in [2.05, 4.69) is 31.2 Å². The molecular weight excluding hydrogens is 215 g/mol. The average molecular weight is 223 g/mol. The van der Waals surface area contributed by atoms with Crippen molar-refractivity contribution in [1.82, 2.24) is 0 Å². The number of hydrogen-bond donors (Lipinski definition) is 0. The van der Waals surface area contributed by atoms with E-state index < -0.39 is 0 Å². The Morgan fingerprint density at radius 2 is 1.78 bits per heavy atom. The van der Waals surface area contributed by atoms with Crippen molar-refractivity contribution in [3.05, 3.63) is 35.9 Å². The molecule has 0 aliphatic carbocycles. The third-order valence-corrected chi connectivity index (χ3v) is 2.03. The molecule has 0 bridgehead atoms. The fourth-order valence-corrected chi connectivity index (χ4v) is 1.16. The predicted molar refractivity (Wildman–Crippen MR) is 42.0 cm³/mol. The third-order valence-electron chi connectivity index (χ3n) is 1.21. The van der Waals surface area contributed by atoms with Crippen LogP contribution in [0.25, 0.3) is 0 Å². The normalized spacial score (nSPS) is 9.00. The van der Waals surface area contributed by atoms with E-state index >= 15 is 0 Å². The zero-order chi connectivity index (χ0) is 6.69. The first-order valence-electron chi connectivity index (χ1n) is 2.91. The van der Waals surface area contributed by atoms with Gasteiger partial charge in [-0.1, -0.05) is 0 Å². The predicted octanol–water partition coefficient (Wildman–Crippen LogP) is 1.40. The van der Waals surface area contributed by atoms with Gasteiger partial charge < -0.3 is 0 Å². The number of hydrogen-bond acceptors (Lipinski definition) is 0. The first kappa shape index (κ1) is 7.00. The van der Waals surface area contributed by atoms with Crippen LogP contribution in [0.4, 0.5) is 0 Å². The van der Waals surface area contributed by atoms with Crippen LogP contribution in [0.3, 0.4) is 0 Å². The average Bonchev–Trinajstić information content (AvgIpc) is 1.90. The van der Waals surface area contributed by atoms with Crippen LogP contribution in [-0.2, 0) is 0 Å². The van der Waals surface area contributed by atoms with E-state index in [0.29, 0.717) is 0 Å². The third kappa shape index (κ3) is 1.94. The molecule has 0 heterocycles. The van der Waals surface area contributed by atoms with Crippen molar-refractivity contribution in [2.75, 3.05) is 0 Å². The van der Waals surface area contributed by atoms with Crippen LogP contribution in [-0.4, -0.2) is 25.6 Å². The Balaban J connectivity index is 2.98. The van der Waals surface area contributed by atoms with Crippen LogP contribution in [0.15, 0.2) is 30.3 Å². The molecule has 0 aromatic heterocycles. The van der Waals surface area contributed by atoms with Gasteiger partial charge in [0.05, 0.1) is 0 Å². The topological polar surface area (TPSA) is 0 Å². The summed E-state index contributed by atoms with van der Waals surface area (Å²) >= 11 is 1.51. The summed E-state index contributed by atoms with van der Waals surface area (Å²) in [6.07, 6.45) is 0. The molecule has 0 fully saturated rings. The van der Waals surface area contributed by atoms with Gasteiger partial charge >= 0.3 is 68.4 Å². The standard InChI is InChI=1S/C8H8.Sn/c1-2-8-6-4-3-5-7-8;/h3-7H,1H3;. The Morgan fingerprint density at radius 1 is 1.22 bits per heavy atom. The Morgan fingerprint density at radius 3 is 2.11 bits per heavy atom. The number of rotatable bonds is 1. The van der Waals surface area contributed by atoms with E-state index in [1.807, 2.05) is 6.07 Å². The molecule has 0 atom stereocenters. The van der Waals surface area contributed by atoms with Gasteiger partial charge in [-0.3, -0.25) is 0 Å². The summed E-state index contributed by atoms with van der Waals surface area (Å²) in [5.41, 5.74) is 1.37. The van der Waals surface area contributed by atoms with Gasteiger partial charge in [0.1, 0.15) is 0 Å². The van der Waals surface area contributed by atoms with E-state index in [4.69, 9.17) is 0 Å². The van der Waals surface area contributed by atoms with Crippen molar-refractivity contribution >= 4 is 25.6 Å². The Bertz CT molecular complexity index is 201. The summed E-state index contributed by atoms with van der Waals surface area (Å²) in [5, 5.41) is 0. The molecule has 0 aliphatic heterocycles. The monoisotopic (exact) mass is 224 g/mol. The van der Waals surface area contributed by atoms with Crippen molar-refractivity contribution in [2.24, 2.45) is 0 Å². The van der Waals surface area contributed by atoms with E-state index in [1.54, 1.807) is 0 Å². The second kappa shape index (κ2) is 3.16. The van der Waals surface area contributed by atoms with Crippen molar-refractivity contribution in [3.63, 3.8) is 0 Å². The Labute approximate surface area is 68.5 Å². The van der Waals surface area contributed by atoms with Gasteiger partial charge in [0.2, 0.25) is 0 Å². The molecule has 1 heteroatoms. The van der Waals surface area contributed by atoms with E-state index in [0.717, 1.165) is 0 Å². The van der Waals surface area contributed by atoms with Crippen LogP contribution < -0.4 is 0 Å². The molecule has 2 radical (unpaired) electrons. The molecular formula is C8H8Sn. The molecule has 0 unspecified atom stereocenters. The van der Waals surface area contributed by atoms with Gasteiger partial charge in [-0.05, 0) is 0 Å². The van der Waals surface area contributed by atoms with E-state index in [9.17, 15) is 0 Å². The molecule has 0 saturated carbocycles. The molecule has 1 rings (SSSR count). The molecule has 0 amide bonds. The molecule has 0 nitrogen and oxygen atoms in total. The van der Waals surface area contributed by atoms with Crippen molar-refractivity contribution in [1.29, 1.82) is 0 Å². The Kier molecular flexibility index (Phi) is 2.46. The van der Waals surface area contributed by atoms with Crippen molar-refractivity contribution in [3.8, 4) is 0 Å².